The molecule has 0 saturated heterocycles. The fourth-order valence-corrected chi connectivity index (χ4v) is 3.03. The van der Waals surface area contributed by atoms with Gasteiger partial charge in [-0.25, -0.2) is 9.97 Å². The smallest absolute Gasteiger partial charge is 0.230 e. The Morgan fingerprint density at radius 2 is 2.11 bits per heavy atom. The first-order valence-electron chi connectivity index (χ1n) is 8.45. The number of nitrogens with zero attached hydrogens (tertiary/aromatic N) is 4. The summed E-state index contributed by atoms with van der Waals surface area (Å²) in [6, 6.07) is 5.71. The van der Waals surface area contributed by atoms with Crippen LogP contribution in [0.1, 0.15) is 12.0 Å². The molecule has 0 bridgehead atoms. The molecule has 1 saturated carbocycles. The van der Waals surface area contributed by atoms with Gasteiger partial charge in [0.25, 0.3) is 0 Å². The zero-order chi connectivity index (χ0) is 19.1. The van der Waals surface area contributed by atoms with Crippen LogP contribution in [0.2, 0.25) is 0 Å². The minimum atomic E-state index is -0.258. The summed E-state index contributed by atoms with van der Waals surface area (Å²) in [5.41, 5.74) is 14.9. The van der Waals surface area contributed by atoms with Gasteiger partial charge in [0.15, 0.2) is 0 Å². The van der Waals surface area contributed by atoms with Crippen molar-refractivity contribution in [1.82, 2.24) is 15.0 Å². The number of aromatic nitrogens is 3. The summed E-state index contributed by atoms with van der Waals surface area (Å²) in [4.78, 5) is 25.0. The van der Waals surface area contributed by atoms with Gasteiger partial charge in [-0.15, -0.1) is 0 Å². The van der Waals surface area contributed by atoms with Crippen molar-refractivity contribution in [1.29, 1.82) is 5.26 Å². The fourth-order valence-electron chi connectivity index (χ4n) is 3.03. The molecule has 3 aromatic heterocycles. The maximum absolute atomic E-state index is 12.2. The van der Waals surface area contributed by atoms with E-state index in [1.165, 1.54) is 0 Å². The van der Waals surface area contributed by atoms with Crippen LogP contribution in [-0.4, -0.2) is 20.9 Å². The highest BCUT2D eigenvalue weighted by molar-refractivity contribution is 5.98. The minimum absolute atomic E-state index is 0.188. The number of nitrogens with one attached hydrogen (secondary N) is 1. The largest absolute Gasteiger partial charge is 0.397 e. The fraction of sp³-hybridized carbons (Fsp3) is 0.211. The molecule has 5 N–H and O–H groups in total. The van der Waals surface area contributed by atoms with E-state index in [0.717, 1.165) is 16.5 Å². The molecule has 1 amide bonds. The average Bonchev–Trinajstić information content (AvgIpc) is 3.44. The number of pyridine rings is 3. The second-order valence-electron chi connectivity index (χ2n) is 6.65. The van der Waals surface area contributed by atoms with E-state index in [-0.39, 0.29) is 17.7 Å². The lowest BCUT2D eigenvalue weighted by Crippen LogP contribution is -2.15. The number of amides is 1. The molecule has 8 heteroatoms. The summed E-state index contributed by atoms with van der Waals surface area (Å²) in [6.07, 6.45) is 5.46. The number of nitrogens with two attached hydrogens (primary N) is 2. The van der Waals surface area contributed by atoms with Crippen molar-refractivity contribution in [2.24, 2.45) is 11.8 Å². The zero-order valence-corrected chi connectivity index (χ0v) is 14.6. The molecule has 1 aliphatic carbocycles. The van der Waals surface area contributed by atoms with Crippen LogP contribution in [0.4, 0.5) is 17.3 Å². The second-order valence-corrected chi connectivity index (χ2v) is 6.65. The van der Waals surface area contributed by atoms with Gasteiger partial charge in [-0.2, -0.15) is 5.26 Å². The average molecular weight is 359 g/mol. The molecule has 0 aromatic carbocycles. The quantitative estimate of drug-likeness (QED) is 0.650. The summed E-state index contributed by atoms with van der Waals surface area (Å²) in [5.74, 6) is 0.102. The number of fused-ring (bicyclic) bond motifs is 1. The number of rotatable bonds is 3. The van der Waals surface area contributed by atoms with E-state index in [1.54, 1.807) is 24.7 Å². The predicted octanol–water partition coefficient (Wildman–Crippen LogP) is 2.26. The Balaban J connectivity index is 1.71. The molecular weight excluding hydrogens is 342 g/mol. The maximum Gasteiger partial charge on any atom is 0.230 e. The Bertz CT molecular complexity index is 1120. The van der Waals surface area contributed by atoms with Crippen molar-refractivity contribution in [3.05, 3.63) is 36.3 Å². The summed E-state index contributed by atoms with van der Waals surface area (Å²) in [5, 5.41) is 13.1. The lowest BCUT2D eigenvalue weighted by molar-refractivity contribution is -0.117. The molecule has 1 aliphatic rings. The van der Waals surface area contributed by atoms with Crippen LogP contribution in [0, 0.1) is 30.1 Å². The second kappa shape index (κ2) is 6.21. The number of nitriles is 1. The standard InChI is InChI=1S/C19H17N7O/c1-9-13(6-23-8-15(9)21)16-3-10-4-17(24-7-14(10)18(22)25-16)26-19(27)12-2-11(12)5-20/h3-4,6-8,11-12H,2,21H2,1H3,(H2,22,25)(H,24,26,27)/t11-,12+/m1/s1. The number of carbonyl (C=O) groups is 1. The number of anilines is 3. The van der Waals surface area contributed by atoms with Crippen LogP contribution in [0.3, 0.4) is 0 Å². The number of carbonyl (C=O) groups excluding carboxylic acids is 1. The van der Waals surface area contributed by atoms with E-state index in [2.05, 4.69) is 26.3 Å². The van der Waals surface area contributed by atoms with Crippen molar-refractivity contribution in [2.75, 3.05) is 16.8 Å². The summed E-state index contributed by atoms with van der Waals surface area (Å²) in [7, 11) is 0. The zero-order valence-electron chi connectivity index (χ0n) is 14.6. The lowest BCUT2D eigenvalue weighted by Gasteiger charge is -2.11. The predicted molar refractivity (Wildman–Crippen MR) is 102 cm³/mol. The van der Waals surface area contributed by atoms with Crippen molar-refractivity contribution in [3.63, 3.8) is 0 Å². The maximum atomic E-state index is 12.2. The highest BCUT2D eigenvalue weighted by atomic mass is 16.2. The van der Waals surface area contributed by atoms with Gasteiger partial charge in [0.05, 0.1) is 35.5 Å². The van der Waals surface area contributed by atoms with E-state index < -0.39 is 0 Å². The molecule has 3 heterocycles. The molecule has 134 valence electrons. The van der Waals surface area contributed by atoms with Crippen LogP contribution in [0.5, 0.6) is 0 Å². The van der Waals surface area contributed by atoms with Crippen LogP contribution in [-0.2, 0) is 4.79 Å². The molecular formula is C19H17N7O. The Morgan fingerprint density at radius 1 is 1.30 bits per heavy atom. The van der Waals surface area contributed by atoms with Crippen LogP contribution < -0.4 is 16.8 Å². The highest BCUT2D eigenvalue weighted by Crippen LogP contribution is 2.38. The van der Waals surface area contributed by atoms with Gasteiger partial charge in [0.1, 0.15) is 11.6 Å². The molecule has 8 nitrogen and oxygen atoms in total. The lowest BCUT2D eigenvalue weighted by atomic mass is 10.0. The van der Waals surface area contributed by atoms with Crippen molar-refractivity contribution in [3.8, 4) is 17.3 Å². The topological polar surface area (TPSA) is 144 Å². The molecule has 27 heavy (non-hydrogen) atoms. The monoisotopic (exact) mass is 359 g/mol. The molecule has 3 aromatic rings. The van der Waals surface area contributed by atoms with Crippen molar-refractivity contribution < 1.29 is 4.79 Å². The number of hydrogen-bond acceptors (Lipinski definition) is 7. The molecule has 2 atom stereocenters. The van der Waals surface area contributed by atoms with Gasteiger partial charge in [0.2, 0.25) is 5.91 Å². The van der Waals surface area contributed by atoms with Gasteiger partial charge >= 0.3 is 0 Å². The summed E-state index contributed by atoms with van der Waals surface area (Å²) in [6.45, 7) is 1.90. The van der Waals surface area contributed by atoms with Crippen LogP contribution in [0.15, 0.2) is 30.7 Å². The Labute approximate surface area is 155 Å². The van der Waals surface area contributed by atoms with Crippen LogP contribution >= 0.6 is 0 Å². The Kier molecular flexibility index (Phi) is 3.85. The van der Waals surface area contributed by atoms with Gasteiger partial charge < -0.3 is 16.8 Å². The molecule has 0 unspecified atom stereocenters. The van der Waals surface area contributed by atoms with Gasteiger partial charge in [-0.1, -0.05) is 0 Å². The molecule has 4 rings (SSSR count). The third kappa shape index (κ3) is 3.00. The van der Waals surface area contributed by atoms with Crippen LogP contribution in [0.25, 0.3) is 22.0 Å². The van der Waals surface area contributed by atoms with Gasteiger partial charge in [-0.3, -0.25) is 9.78 Å². The van der Waals surface area contributed by atoms with E-state index in [9.17, 15) is 4.79 Å². The van der Waals surface area contributed by atoms with E-state index in [1.807, 2.05) is 13.0 Å². The Morgan fingerprint density at radius 3 is 2.85 bits per heavy atom. The third-order valence-corrected chi connectivity index (χ3v) is 4.82. The first-order valence-corrected chi connectivity index (χ1v) is 8.45. The van der Waals surface area contributed by atoms with Gasteiger partial charge in [0, 0.05) is 23.3 Å². The normalized spacial score (nSPS) is 18.1. The summed E-state index contributed by atoms with van der Waals surface area (Å²) >= 11 is 0. The van der Waals surface area contributed by atoms with E-state index >= 15 is 0 Å². The van der Waals surface area contributed by atoms with E-state index in [4.69, 9.17) is 16.7 Å². The number of hydrogen-bond donors (Lipinski definition) is 3. The highest BCUT2D eigenvalue weighted by Gasteiger charge is 2.43. The van der Waals surface area contributed by atoms with Crippen molar-refractivity contribution in [2.45, 2.75) is 13.3 Å². The first-order chi connectivity index (χ1) is 13.0. The first kappa shape index (κ1) is 16.7. The number of nitrogen functional groups attached to an aromatic ring is 2. The van der Waals surface area contributed by atoms with Gasteiger partial charge in [-0.05, 0) is 36.4 Å². The van der Waals surface area contributed by atoms with E-state index in [0.29, 0.717) is 34.8 Å². The molecule has 0 spiro atoms. The third-order valence-electron chi connectivity index (χ3n) is 4.82. The summed E-state index contributed by atoms with van der Waals surface area (Å²) < 4.78 is 0. The molecule has 1 fully saturated rings. The molecule has 0 aliphatic heterocycles. The molecule has 0 radical (unpaired) electrons. The Hall–Kier alpha value is -3.73. The minimum Gasteiger partial charge on any atom is -0.397 e. The SMILES string of the molecule is Cc1c(N)cncc1-c1cc2cc(NC(=O)[C@H]3C[C@@H]3C#N)ncc2c(N)n1. The van der Waals surface area contributed by atoms with Crippen molar-refractivity contribution >= 4 is 34.0 Å².